The van der Waals surface area contributed by atoms with Crippen LogP contribution in [-0.4, -0.2) is 53.6 Å². The van der Waals surface area contributed by atoms with E-state index in [2.05, 4.69) is 10.6 Å². The Balaban J connectivity index is 2.31. The monoisotopic (exact) mass is 285 g/mol. The predicted octanol–water partition coefficient (Wildman–Crippen LogP) is 0.407. The molecule has 0 aromatic rings. The molecule has 1 saturated heterocycles. The number of hydrogen-bond donors (Lipinski definition) is 3. The number of carbonyl (C=O) groups excluding carboxylic acids is 2. The zero-order valence-electron chi connectivity index (χ0n) is 12.2. The summed E-state index contributed by atoms with van der Waals surface area (Å²) in [5.41, 5.74) is -0.869. The summed E-state index contributed by atoms with van der Waals surface area (Å²) in [7, 11) is 0. The summed E-state index contributed by atoms with van der Waals surface area (Å²) >= 11 is 0. The van der Waals surface area contributed by atoms with Gasteiger partial charge in [0.05, 0.1) is 5.41 Å². The second-order valence-electron chi connectivity index (χ2n) is 5.74. The summed E-state index contributed by atoms with van der Waals surface area (Å²) in [6.45, 7) is 6.25. The SMILES string of the molecule is CC(C)NC(=O)CCNC(=O)N1CCC(C)(C(=O)O)C1. The zero-order chi connectivity index (χ0) is 15.3. The molecule has 114 valence electrons. The van der Waals surface area contributed by atoms with E-state index in [9.17, 15) is 14.4 Å². The van der Waals surface area contributed by atoms with Crippen molar-refractivity contribution in [3.05, 3.63) is 0 Å². The minimum absolute atomic E-state index is 0.0769. The van der Waals surface area contributed by atoms with E-state index in [-0.39, 0.29) is 37.5 Å². The van der Waals surface area contributed by atoms with Crippen LogP contribution >= 0.6 is 0 Å². The summed E-state index contributed by atoms with van der Waals surface area (Å²) in [5, 5.41) is 14.5. The lowest BCUT2D eigenvalue weighted by atomic mass is 9.90. The van der Waals surface area contributed by atoms with Gasteiger partial charge in [-0.05, 0) is 27.2 Å². The van der Waals surface area contributed by atoms with E-state index in [4.69, 9.17) is 5.11 Å². The van der Waals surface area contributed by atoms with Crippen molar-refractivity contribution in [1.82, 2.24) is 15.5 Å². The number of urea groups is 1. The van der Waals surface area contributed by atoms with Gasteiger partial charge in [0.1, 0.15) is 0 Å². The van der Waals surface area contributed by atoms with E-state index in [0.29, 0.717) is 13.0 Å². The van der Waals surface area contributed by atoms with Gasteiger partial charge < -0.3 is 20.6 Å². The summed E-state index contributed by atoms with van der Waals surface area (Å²) in [5.74, 6) is -0.999. The van der Waals surface area contributed by atoms with Crippen LogP contribution in [0.5, 0.6) is 0 Å². The van der Waals surface area contributed by atoms with Crippen LogP contribution in [0.3, 0.4) is 0 Å². The average Bonchev–Trinajstić information content (AvgIpc) is 2.72. The Morgan fingerprint density at radius 3 is 2.50 bits per heavy atom. The Kier molecular flexibility index (Phi) is 5.35. The van der Waals surface area contributed by atoms with Crippen LogP contribution in [-0.2, 0) is 9.59 Å². The second kappa shape index (κ2) is 6.58. The molecule has 1 atom stereocenters. The van der Waals surface area contributed by atoms with Crippen molar-refractivity contribution in [2.75, 3.05) is 19.6 Å². The topological polar surface area (TPSA) is 98.7 Å². The number of likely N-dealkylation sites (tertiary alicyclic amines) is 1. The maximum absolute atomic E-state index is 11.8. The molecule has 0 radical (unpaired) electrons. The van der Waals surface area contributed by atoms with Crippen molar-refractivity contribution >= 4 is 17.9 Å². The van der Waals surface area contributed by atoms with Gasteiger partial charge in [0.15, 0.2) is 0 Å². The van der Waals surface area contributed by atoms with Crippen LogP contribution in [0, 0.1) is 5.41 Å². The van der Waals surface area contributed by atoms with Crippen LogP contribution in [0.15, 0.2) is 0 Å². The summed E-state index contributed by atoms with van der Waals surface area (Å²) in [6.07, 6.45) is 0.664. The quantitative estimate of drug-likeness (QED) is 0.681. The number of nitrogens with one attached hydrogen (secondary N) is 2. The minimum atomic E-state index is -0.885. The first-order chi connectivity index (χ1) is 9.24. The van der Waals surface area contributed by atoms with Gasteiger partial charge >= 0.3 is 12.0 Å². The van der Waals surface area contributed by atoms with Crippen molar-refractivity contribution in [3.8, 4) is 0 Å². The molecule has 1 aliphatic rings. The van der Waals surface area contributed by atoms with Gasteiger partial charge in [-0.25, -0.2) is 4.79 Å². The van der Waals surface area contributed by atoms with Gasteiger partial charge in [-0.2, -0.15) is 0 Å². The molecule has 0 spiro atoms. The van der Waals surface area contributed by atoms with Gasteiger partial charge in [0.25, 0.3) is 0 Å². The Morgan fingerprint density at radius 1 is 1.35 bits per heavy atom. The molecule has 1 unspecified atom stereocenters. The maximum Gasteiger partial charge on any atom is 0.317 e. The highest BCUT2D eigenvalue weighted by Gasteiger charge is 2.42. The van der Waals surface area contributed by atoms with Gasteiger partial charge in [0.2, 0.25) is 5.91 Å². The molecule has 0 aromatic carbocycles. The van der Waals surface area contributed by atoms with Gasteiger partial charge in [-0.3, -0.25) is 9.59 Å². The molecule has 1 fully saturated rings. The van der Waals surface area contributed by atoms with E-state index in [0.717, 1.165) is 0 Å². The number of aliphatic carboxylic acids is 1. The number of amides is 3. The predicted molar refractivity (Wildman–Crippen MR) is 73.2 cm³/mol. The van der Waals surface area contributed by atoms with Crippen molar-refractivity contribution in [2.45, 2.75) is 39.7 Å². The molecular formula is C13H23N3O4. The summed E-state index contributed by atoms with van der Waals surface area (Å²) in [6, 6.07) is -0.236. The number of carbonyl (C=O) groups is 3. The van der Waals surface area contributed by atoms with Crippen LogP contribution in [0.1, 0.15) is 33.6 Å². The Morgan fingerprint density at radius 2 is 2.00 bits per heavy atom. The highest BCUT2D eigenvalue weighted by molar-refractivity contribution is 5.80. The van der Waals surface area contributed by atoms with Gasteiger partial charge in [-0.1, -0.05) is 0 Å². The maximum atomic E-state index is 11.8. The number of rotatable bonds is 5. The molecule has 1 rings (SSSR count). The highest BCUT2D eigenvalue weighted by atomic mass is 16.4. The number of nitrogens with zero attached hydrogens (tertiary/aromatic N) is 1. The molecule has 3 amide bonds. The first-order valence-corrected chi connectivity index (χ1v) is 6.80. The fourth-order valence-corrected chi connectivity index (χ4v) is 2.10. The molecule has 0 aliphatic carbocycles. The number of hydrogen-bond acceptors (Lipinski definition) is 3. The first kappa shape index (κ1) is 16.3. The molecule has 0 saturated carbocycles. The number of carboxylic acid groups (broad SMARTS) is 1. The molecule has 7 heteroatoms. The molecule has 7 nitrogen and oxygen atoms in total. The highest BCUT2D eigenvalue weighted by Crippen LogP contribution is 2.29. The molecule has 0 aromatic heterocycles. The molecular weight excluding hydrogens is 262 g/mol. The lowest BCUT2D eigenvalue weighted by Crippen LogP contribution is -2.42. The van der Waals surface area contributed by atoms with Gasteiger partial charge in [-0.15, -0.1) is 0 Å². The zero-order valence-corrected chi connectivity index (χ0v) is 12.2. The third kappa shape index (κ3) is 4.40. The third-order valence-electron chi connectivity index (χ3n) is 3.35. The molecule has 1 heterocycles. The lowest BCUT2D eigenvalue weighted by molar-refractivity contribution is -0.147. The van der Waals surface area contributed by atoms with Crippen molar-refractivity contribution < 1.29 is 19.5 Å². The third-order valence-corrected chi connectivity index (χ3v) is 3.35. The van der Waals surface area contributed by atoms with Crippen molar-refractivity contribution in [3.63, 3.8) is 0 Å². The van der Waals surface area contributed by atoms with E-state index >= 15 is 0 Å². The standard InChI is InChI=1S/C13H23N3O4/c1-9(2)15-10(17)4-6-14-12(20)16-7-5-13(3,8-16)11(18)19/h9H,4-8H2,1-3H3,(H,14,20)(H,15,17)(H,18,19). The van der Waals surface area contributed by atoms with Crippen LogP contribution in [0.4, 0.5) is 4.79 Å². The summed E-state index contributed by atoms with van der Waals surface area (Å²) in [4.78, 5) is 35.8. The molecule has 1 aliphatic heterocycles. The fourth-order valence-electron chi connectivity index (χ4n) is 2.10. The molecule has 3 N–H and O–H groups in total. The molecule has 20 heavy (non-hydrogen) atoms. The summed E-state index contributed by atoms with van der Waals surface area (Å²) < 4.78 is 0. The lowest BCUT2D eigenvalue weighted by Gasteiger charge is -2.20. The largest absolute Gasteiger partial charge is 0.481 e. The minimum Gasteiger partial charge on any atom is -0.481 e. The fraction of sp³-hybridized carbons (Fsp3) is 0.769. The second-order valence-corrected chi connectivity index (χ2v) is 5.74. The van der Waals surface area contributed by atoms with E-state index in [1.165, 1.54) is 4.90 Å². The Bertz CT molecular complexity index is 397. The van der Waals surface area contributed by atoms with E-state index < -0.39 is 11.4 Å². The van der Waals surface area contributed by atoms with E-state index in [1.807, 2.05) is 13.8 Å². The van der Waals surface area contributed by atoms with Crippen molar-refractivity contribution in [1.29, 1.82) is 0 Å². The van der Waals surface area contributed by atoms with Crippen LogP contribution in [0.2, 0.25) is 0 Å². The Labute approximate surface area is 118 Å². The van der Waals surface area contributed by atoms with Crippen molar-refractivity contribution in [2.24, 2.45) is 5.41 Å². The normalized spacial score (nSPS) is 21.9. The average molecular weight is 285 g/mol. The van der Waals surface area contributed by atoms with Crippen LogP contribution < -0.4 is 10.6 Å². The molecule has 0 bridgehead atoms. The van der Waals surface area contributed by atoms with Gasteiger partial charge in [0, 0.05) is 32.1 Å². The Hall–Kier alpha value is -1.79. The first-order valence-electron chi connectivity index (χ1n) is 6.80. The smallest absolute Gasteiger partial charge is 0.317 e. The van der Waals surface area contributed by atoms with E-state index in [1.54, 1.807) is 6.92 Å². The van der Waals surface area contributed by atoms with Crippen LogP contribution in [0.25, 0.3) is 0 Å². The number of carboxylic acids is 1.